The van der Waals surface area contributed by atoms with E-state index >= 15 is 0 Å². The highest BCUT2D eigenvalue weighted by atomic mass is 32.2. The minimum absolute atomic E-state index is 0.865. The molecule has 0 aliphatic carbocycles. The predicted molar refractivity (Wildman–Crippen MR) is 84.2 cm³/mol. The molecule has 0 unspecified atom stereocenters. The number of nitrogens with zero attached hydrogens (tertiary/aromatic N) is 1. The van der Waals surface area contributed by atoms with Crippen LogP contribution in [0, 0.1) is 6.92 Å². The molecule has 3 aromatic rings. The number of aromatic nitrogens is 2. The molecular formula is C16H17N3S. The summed E-state index contributed by atoms with van der Waals surface area (Å²) in [5, 5.41) is 4.16. The van der Waals surface area contributed by atoms with Gasteiger partial charge in [-0.05, 0) is 37.7 Å². The molecule has 0 saturated heterocycles. The number of nitrogens with one attached hydrogen (secondary N) is 2. The van der Waals surface area contributed by atoms with Gasteiger partial charge >= 0.3 is 0 Å². The number of H-pyrrole nitrogens is 1. The first-order chi connectivity index (χ1) is 9.76. The highest BCUT2D eigenvalue weighted by Gasteiger charge is 2.08. The molecule has 0 aliphatic heterocycles. The van der Waals surface area contributed by atoms with Gasteiger partial charge in [-0.2, -0.15) is 0 Å². The van der Waals surface area contributed by atoms with Crippen molar-refractivity contribution in [3.05, 3.63) is 53.6 Å². The summed E-state index contributed by atoms with van der Waals surface area (Å²) in [6.45, 7) is 2.99. The Morgan fingerprint density at radius 3 is 2.85 bits per heavy atom. The number of fused-ring (bicyclic) bond motifs is 1. The van der Waals surface area contributed by atoms with Gasteiger partial charge in [-0.15, -0.1) is 0 Å². The van der Waals surface area contributed by atoms with E-state index < -0.39 is 0 Å². The van der Waals surface area contributed by atoms with Crippen LogP contribution in [-0.2, 0) is 6.54 Å². The normalized spacial score (nSPS) is 11.1. The van der Waals surface area contributed by atoms with Crippen molar-refractivity contribution in [3.8, 4) is 0 Å². The molecule has 0 atom stereocenters. The SMILES string of the molecule is CNCc1cc(C)ccc1Sc1nc2ccccc2[nH]1. The lowest BCUT2D eigenvalue weighted by Crippen LogP contribution is -2.06. The number of benzene rings is 2. The van der Waals surface area contributed by atoms with Crippen LogP contribution in [0.3, 0.4) is 0 Å². The van der Waals surface area contributed by atoms with E-state index in [4.69, 9.17) is 0 Å². The van der Waals surface area contributed by atoms with Gasteiger partial charge in [0, 0.05) is 11.4 Å². The van der Waals surface area contributed by atoms with Crippen molar-refractivity contribution in [1.29, 1.82) is 0 Å². The summed E-state index contributed by atoms with van der Waals surface area (Å²) in [5.74, 6) is 0. The van der Waals surface area contributed by atoms with Crippen molar-refractivity contribution < 1.29 is 0 Å². The van der Waals surface area contributed by atoms with Crippen LogP contribution in [-0.4, -0.2) is 17.0 Å². The number of imidazole rings is 1. The van der Waals surface area contributed by atoms with Crippen LogP contribution in [0.15, 0.2) is 52.5 Å². The van der Waals surface area contributed by atoms with Crippen molar-refractivity contribution in [1.82, 2.24) is 15.3 Å². The molecule has 1 heterocycles. The van der Waals surface area contributed by atoms with Crippen molar-refractivity contribution in [2.45, 2.75) is 23.5 Å². The molecule has 0 amide bonds. The van der Waals surface area contributed by atoms with Crippen LogP contribution in [0.2, 0.25) is 0 Å². The molecule has 2 N–H and O–H groups in total. The molecule has 4 heteroatoms. The molecule has 3 nitrogen and oxygen atoms in total. The molecule has 0 fully saturated rings. The van der Waals surface area contributed by atoms with Crippen LogP contribution >= 0.6 is 11.8 Å². The van der Waals surface area contributed by atoms with Gasteiger partial charge in [0.05, 0.1) is 11.0 Å². The third kappa shape index (κ3) is 2.71. The Balaban J connectivity index is 1.93. The number of hydrogen-bond acceptors (Lipinski definition) is 3. The molecule has 0 saturated carbocycles. The summed E-state index contributed by atoms with van der Waals surface area (Å²) in [6.07, 6.45) is 0. The van der Waals surface area contributed by atoms with Gasteiger partial charge in [0.15, 0.2) is 5.16 Å². The molecule has 2 aromatic carbocycles. The zero-order chi connectivity index (χ0) is 13.9. The van der Waals surface area contributed by atoms with Crippen molar-refractivity contribution in [2.75, 3.05) is 7.05 Å². The van der Waals surface area contributed by atoms with E-state index in [0.717, 1.165) is 22.7 Å². The van der Waals surface area contributed by atoms with Crippen LogP contribution in [0.4, 0.5) is 0 Å². The standard InChI is InChI=1S/C16H17N3S/c1-11-7-8-15(12(9-11)10-17-2)20-16-18-13-5-3-4-6-14(13)19-16/h3-9,17H,10H2,1-2H3,(H,18,19). The summed E-state index contributed by atoms with van der Waals surface area (Å²) in [6, 6.07) is 14.6. The lowest BCUT2D eigenvalue weighted by molar-refractivity contribution is 0.801. The van der Waals surface area contributed by atoms with Gasteiger partial charge in [0.25, 0.3) is 0 Å². The van der Waals surface area contributed by atoms with Crippen molar-refractivity contribution in [3.63, 3.8) is 0 Å². The zero-order valence-corrected chi connectivity index (χ0v) is 12.4. The van der Waals surface area contributed by atoms with E-state index in [1.54, 1.807) is 11.8 Å². The van der Waals surface area contributed by atoms with Gasteiger partial charge < -0.3 is 10.3 Å². The fraction of sp³-hybridized carbons (Fsp3) is 0.188. The summed E-state index contributed by atoms with van der Waals surface area (Å²) in [7, 11) is 1.97. The van der Waals surface area contributed by atoms with Crippen LogP contribution in [0.1, 0.15) is 11.1 Å². The number of rotatable bonds is 4. The fourth-order valence-electron chi connectivity index (χ4n) is 2.22. The summed E-state index contributed by atoms with van der Waals surface area (Å²) in [4.78, 5) is 9.22. The Hall–Kier alpha value is -1.78. The smallest absolute Gasteiger partial charge is 0.171 e. The molecule has 1 aromatic heterocycles. The Labute approximate surface area is 122 Å². The maximum absolute atomic E-state index is 4.62. The Bertz CT molecular complexity index is 700. The second-order valence-corrected chi connectivity index (χ2v) is 5.83. The van der Waals surface area contributed by atoms with Gasteiger partial charge in [0.2, 0.25) is 0 Å². The van der Waals surface area contributed by atoms with Crippen molar-refractivity contribution >= 4 is 22.8 Å². The van der Waals surface area contributed by atoms with Gasteiger partial charge in [-0.1, -0.05) is 41.6 Å². The number of para-hydroxylation sites is 2. The third-order valence-corrected chi connectivity index (χ3v) is 4.16. The van der Waals surface area contributed by atoms with E-state index in [-0.39, 0.29) is 0 Å². The van der Waals surface area contributed by atoms with E-state index in [9.17, 15) is 0 Å². The van der Waals surface area contributed by atoms with Crippen molar-refractivity contribution in [2.24, 2.45) is 0 Å². The zero-order valence-electron chi connectivity index (χ0n) is 11.6. The van der Waals surface area contributed by atoms with Crippen LogP contribution < -0.4 is 5.32 Å². The minimum atomic E-state index is 0.865. The van der Waals surface area contributed by atoms with E-state index in [2.05, 4.69) is 46.5 Å². The average molecular weight is 283 g/mol. The highest BCUT2D eigenvalue weighted by Crippen LogP contribution is 2.30. The maximum Gasteiger partial charge on any atom is 0.171 e. The molecular weight excluding hydrogens is 266 g/mol. The van der Waals surface area contributed by atoms with Crippen LogP contribution in [0.25, 0.3) is 11.0 Å². The van der Waals surface area contributed by atoms with E-state index in [1.807, 2.05) is 25.2 Å². The quantitative estimate of drug-likeness (QED) is 0.766. The lowest BCUT2D eigenvalue weighted by atomic mass is 10.1. The highest BCUT2D eigenvalue weighted by molar-refractivity contribution is 7.99. The Morgan fingerprint density at radius 1 is 1.20 bits per heavy atom. The third-order valence-electron chi connectivity index (χ3n) is 3.16. The molecule has 0 aliphatic rings. The predicted octanol–water partition coefficient (Wildman–Crippen LogP) is 3.74. The monoisotopic (exact) mass is 283 g/mol. The molecule has 102 valence electrons. The molecule has 0 bridgehead atoms. The first-order valence-corrected chi connectivity index (χ1v) is 7.44. The molecule has 0 radical (unpaired) electrons. The van der Waals surface area contributed by atoms with E-state index in [0.29, 0.717) is 0 Å². The van der Waals surface area contributed by atoms with E-state index in [1.165, 1.54) is 16.0 Å². The van der Waals surface area contributed by atoms with Gasteiger partial charge in [0.1, 0.15) is 0 Å². The first-order valence-electron chi connectivity index (χ1n) is 6.63. The number of aromatic amines is 1. The van der Waals surface area contributed by atoms with Gasteiger partial charge in [-0.3, -0.25) is 0 Å². The summed E-state index contributed by atoms with van der Waals surface area (Å²) >= 11 is 1.68. The molecule has 3 rings (SSSR count). The Kier molecular flexibility index (Phi) is 3.76. The largest absolute Gasteiger partial charge is 0.333 e. The number of aryl methyl sites for hydroxylation is 1. The summed E-state index contributed by atoms with van der Waals surface area (Å²) < 4.78 is 0. The fourth-order valence-corrected chi connectivity index (χ4v) is 3.13. The summed E-state index contributed by atoms with van der Waals surface area (Å²) in [5.41, 5.74) is 4.68. The second kappa shape index (κ2) is 5.69. The second-order valence-electron chi connectivity index (χ2n) is 4.80. The molecule has 0 spiro atoms. The average Bonchev–Trinajstić information content (AvgIpc) is 2.84. The first kappa shape index (κ1) is 13.2. The number of hydrogen-bond donors (Lipinski definition) is 2. The lowest BCUT2D eigenvalue weighted by Gasteiger charge is -2.08. The maximum atomic E-state index is 4.62. The topological polar surface area (TPSA) is 40.7 Å². The molecule has 20 heavy (non-hydrogen) atoms. The van der Waals surface area contributed by atoms with Crippen LogP contribution in [0.5, 0.6) is 0 Å². The Morgan fingerprint density at radius 2 is 2.05 bits per heavy atom. The minimum Gasteiger partial charge on any atom is -0.333 e. The van der Waals surface area contributed by atoms with Gasteiger partial charge in [-0.25, -0.2) is 4.98 Å².